The van der Waals surface area contributed by atoms with Crippen LogP contribution in [-0.4, -0.2) is 58.0 Å². The van der Waals surface area contributed by atoms with Crippen molar-refractivity contribution in [3.05, 3.63) is 41.0 Å². The molecular weight excluding hydrogens is 328 g/mol. The quantitative estimate of drug-likeness (QED) is 0.778. The van der Waals surface area contributed by atoms with Gasteiger partial charge < -0.3 is 14.6 Å². The summed E-state index contributed by atoms with van der Waals surface area (Å²) in [6.45, 7) is 2.97. The number of aromatic hydroxyl groups is 1. The van der Waals surface area contributed by atoms with E-state index in [-0.39, 0.29) is 11.9 Å². The lowest BCUT2D eigenvalue weighted by Crippen LogP contribution is -2.39. The summed E-state index contributed by atoms with van der Waals surface area (Å²) in [5.41, 5.74) is 1.07. The molecule has 8 heteroatoms. The van der Waals surface area contributed by atoms with Crippen molar-refractivity contribution in [2.24, 2.45) is 0 Å². The van der Waals surface area contributed by atoms with E-state index in [2.05, 4.69) is 21.0 Å². The fourth-order valence-corrected chi connectivity index (χ4v) is 4.14. The molecule has 0 amide bonds. The normalized spacial score (nSPS) is 17.2. The fraction of sp³-hybridized carbons (Fsp3) is 0.375. The van der Waals surface area contributed by atoms with Crippen molar-refractivity contribution >= 4 is 16.3 Å². The van der Waals surface area contributed by atoms with E-state index < -0.39 is 0 Å². The summed E-state index contributed by atoms with van der Waals surface area (Å²) < 4.78 is 12.3. The highest BCUT2D eigenvalue weighted by atomic mass is 32.1. The summed E-state index contributed by atoms with van der Waals surface area (Å²) in [6, 6.07) is 7.86. The number of ether oxygens (including phenoxy) is 2. The number of benzene rings is 1. The first-order chi connectivity index (χ1) is 11.8. The van der Waals surface area contributed by atoms with Crippen molar-refractivity contribution in [3.8, 4) is 11.6 Å². The standard InChI is InChI=1S/C16H18N4O3S/c1-22-12-4-2-3-11(9-12)13(19-5-7-23-8-6-19)14-15(21)20-16(24-14)17-10-18-20/h2-4,9-10,13,21H,5-8H2,1H3/t13-/m1/s1. The van der Waals surface area contributed by atoms with Crippen LogP contribution < -0.4 is 4.74 Å². The van der Waals surface area contributed by atoms with Gasteiger partial charge in [-0.2, -0.15) is 9.61 Å². The highest BCUT2D eigenvalue weighted by Crippen LogP contribution is 2.40. The average Bonchev–Trinajstić information content (AvgIpc) is 3.20. The maximum atomic E-state index is 10.6. The second kappa shape index (κ2) is 6.39. The van der Waals surface area contributed by atoms with Gasteiger partial charge in [0, 0.05) is 13.1 Å². The Hall–Kier alpha value is -2.16. The van der Waals surface area contributed by atoms with Crippen LogP contribution in [0.3, 0.4) is 0 Å². The summed E-state index contributed by atoms with van der Waals surface area (Å²) in [7, 11) is 1.66. The summed E-state index contributed by atoms with van der Waals surface area (Å²) in [4.78, 5) is 8.02. The molecule has 0 bridgehead atoms. The van der Waals surface area contributed by atoms with Gasteiger partial charge in [0.2, 0.25) is 10.8 Å². The molecule has 1 atom stereocenters. The zero-order valence-electron chi connectivity index (χ0n) is 13.3. The van der Waals surface area contributed by atoms with Gasteiger partial charge in [0.15, 0.2) is 0 Å². The number of hydrogen-bond acceptors (Lipinski definition) is 7. The number of methoxy groups -OCH3 is 1. The number of hydrogen-bond donors (Lipinski definition) is 1. The van der Waals surface area contributed by atoms with Gasteiger partial charge in [-0.25, -0.2) is 4.98 Å². The van der Waals surface area contributed by atoms with Crippen LogP contribution in [0.5, 0.6) is 11.6 Å². The second-order valence-electron chi connectivity index (χ2n) is 5.57. The summed E-state index contributed by atoms with van der Waals surface area (Å²) in [5, 5.41) is 14.7. The van der Waals surface area contributed by atoms with Gasteiger partial charge in [0.25, 0.3) is 0 Å². The molecule has 2 aromatic heterocycles. The lowest BCUT2D eigenvalue weighted by Gasteiger charge is -2.34. The van der Waals surface area contributed by atoms with Gasteiger partial charge in [-0.15, -0.1) is 0 Å². The SMILES string of the molecule is COc1cccc([C@H](c2sc3ncnn3c2O)N2CCOCC2)c1. The van der Waals surface area contributed by atoms with Gasteiger partial charge in [-0.05, 0) is 17.7 Å². The molecule has 1 fully saturated rings. The van der Waals surface area contributed by atoms with Crippen LogP contribution in [0, 0.1) is 0 Å². The zero-order chi connectivity index (χ0) is 16.5. The molecule has 0 aliphatic carbocycles. The Labute approximate surface area is 143 Å². The Kier molecular flexibility index (Phi) is 4.09. The molecule has 126 valence electrons. The van der Waals surface area contributed by atoms with Crippen molar-refractivity contribution in [2.45, 2.75) is 6.04 Å². The Balaban J connectivity index is 1.82. The smallest absolute Gasteiger partial charge is 0.230 e. The number of aromatic nitrogens is 3. The molecule has 0 spiro atoms. The van der Waals surface area contributed by atoms with E-state index in [0.717, 1.165) is 29.3 Å². The number of nitrogens with zero attached hydrogens (tertiary/aromatic N) is 4. The van der Waals surface area contributed by atoms with Crippen molar-refractivity contribution in [1.29, 1.82) is 0 Å². The van der Waals surface area contributed by atoms with Crippen molar-refractivity contribution in [3.63, 3.8) is 0 Å². The highest BCUT2D eigenvalue weighted by Gasteiger charge is 2.30. The van der Waals surface area contributed by atoms with Gasteiger partial charge in [-0.3, -0.25) is 4.90 Å². The van der Waals surface area contributed by atoms with Crippen LogP contribution in [0.1, 0.15) is 16.5 Å². The Morgan fingerprint density at radius 2 is 2.17 bits per heavy atom. The highest BCUT2D eigenvalue weighted by molar-refractivity contribution is 7.17. The molecule has 4 rings (SSSR count). The average molecular weight is 346 g/mol. The van der Waals surface area contributed by atoms with E-state index in [1.165, 1.54) is 22.2 Å². The Bertz CT molecular complexity index is 841. The number of fused-ring (bicyclic) bond motifs is 1. The van der Waals surface area contributed by atoms with E-state index in [1.807, 2.05) is 18.2 Å². The Morgan fingerprint density at radius 3 is 2.92 bits per heavy atom. The maximum absolute atomic E-state index is 10.6. The minimum Gasteiger partial charge on any atom is -0.497 e. The number of morpholine rings is 1. The molecule has 0 saturated carbocycles. The largest absolute Gasteiger partial charge is 0.497 e. The molecule has 7 nitrogen and oxygen atoms in total. The third-order valence-corrected chi connectivity index (χ3v) is 5.29. The molecule has 3 heterocycles. The first-order valence-electron chi connectivity index (χ1n) is 7.75. The van der Waals surface area contributed by atoms with Crippen LogP contribution in [0.4, 0.5) is 0 Å². The third kappa shape index (κ3) is 2.62. The molecule has 0 radical (unpaired) electrons. The number of thiazole rings is 1. The number of rotatable bonds is 4. The van der Waals surface area contributed by atoms with Crippen molar-refractivity contribution < 1.29 is 14.6 Å². The van der Waals surface area contributed by atoms with E-state index in [4.69, 9.17) is 9.47 Å². The van der Waals surface area contributed by atoms with Gasteiger partial charge in [-0.1, -0.05) is 23.5 Å². The predicted molar refractivity (Wildman–Crippen MR) is 89.8 cm³/mol. The molecule has 1 aliphatic heterocycles. The topological polar surface area (TPSA) is 72.1 Å². The van der Waals surface area contributed by atoms with Crippen molar-refractivity contribution in [1.82, 2.24) is 19.5 Å². The maximum Gasteiger partial charge on any atom is 0.230 e. The van der Waals surface area contributed by atoms with Gasteiger partial charge in [0.05, 0.1) is 31.2 Å². The van der Waals surface area contributed by atoms with Gasteiger partial charge in [0.1, 0.15) is 12.1 Å². The monoisotopic (exact) mass is 346 g/mol. The molecule has 0 unspecified atom stereocenters. The van der Waals surface area contributed by atoms with Crippen LogP contribution in [0.15, 0.2) is 30.6 Å². The molecule has 1 aliphatic rings. The first kappa shape index (κ1) is 15.4. The molecule has 1 saturated heterocycles. The molecule has 24 heavy (non-hydrogen) atoms. The van der Waals surface area contributed by atoms with Crippen LogP contribution in [0.2, 0.25) is 0 Å². The van der Waals surface area contributed by atoms with Crippen molar-refractivity contribution in [2.75, 3.05) is 33.4 Å². The lowest BCUT2D eigenvalue weighted by atomic mass is 10.0. The molecule has 1 N–H and O–H groups in total. The molecule has 3 aromatic rings. The van der Waals surface area contributed by atoms with E-state index in [9.17, 15) is 5.11 Å². The Morgan fingerprint density at radius 1 is 1.33 bits per heavy atom. The van der Waals surface area contributed by atoms with E-state index in [1.54, 1.807) is 7.11 Å². The summed E-state index contributed by atoms with van der Waals surface area (Å²) >= 11 is 1.46. The van der Waals surface area contributed by atoms with Gasteiger partial charge >= 0.3 is 0 Å². The minimum absolute atomic E-state index is 0.0856. The first-order valence-corrected chi connectivity index (χ1v) is 8.56. The van der Waals surface area contributed by atoms with E-state index in [0.29, 0.717) is 18.2 Å². The second-order valence-corrected chi connectivity index (χ2v) is 6.58. The zero-order valence-corrected chi connectivity index (χ0v) is 14.1. The van der Waals surface area contributed by atoms with Crippen LogP contribution >= 0.6 is 11.3 Å². The molecular formula is C16H18N4O3S. The predicted octanol–water partition coefficient (Wildman–Crippen LogP) is 1.93. The van der Waals surface area contributed by atoms with Crippen LogP contribution in [-0.2, 0) is 4.74 Å². The van der Waals surface area contributed by atoms with E-state index >= 15 is 0 Å². The van der Waals surface area contributed by atoms with Crippen LogP contribution in [0.25, 0.3) is 4.96 Å². The third-order valence-electron chi connectivity index (χ3n) is 4.21. The summed E-state index contributed by atoms with van der Waals surface area (Å²) in [6.07, 6.45) is 1.45. The lowest BCUT2D eigenvalue weighted by molar-refractivity contribution is 0.0241. The molecule has 1 aromatic carbocycles. The fourth-order valence-electron chi connectivity index (χ4n) is 3.05. The summed E-state index contributed by atoms with van der Waals surface area (Å²) in [5.74, 6) is 0.941. The minimum atomic E-state index is -0.0856.